The van der Waals surface area contributed by atoms with Crippen LogP contribution >= 0.6 is 0 Å². The lowest BCUT2D eigenvalue weighted by atomic mass is 9.78. The lowest BCUT2D eigenvalue weighted by Gasteiger charge is -2.29. The zero-order valence-corrected chi connectivity index (χ0v) is 13.4. The molecule has 0 amide bonds. The third kappa shape index (κ3) is 3.60. The van der Waals surface area contributed by atoms with Gasteiger partial charge in [0.2, 0.25) is 0 Å². The van der Waals surface area contributed by atoms with E-state index in [-0.39, 0.29) is 11.8 Å². The molecule has 0 aliphatic rings. The van der Waals surface area contributed by atoms with E-state index < -0.39 is 11.5 Å². The van der Waals surface area contributed by atoms with E-state index in [1.807, 2.05) is 0 Å². The maximum Gasteiger partial charge on any atom is 0.323 e. The average Bonchev–Trinajstić information content (AvgIpc) is 2.32. The fraction of sp³-hybridized carbons (Fsp3) is 0.588. The molecule has 112 valence electrons. The van der Waals surface area contributed by atoms with Crippen molar-refractivity contribution < 1.29 is 9.90 Å². The van der Waals surface area contributed by atoms with Crippen molar-refractivity contribution in [1.29, 1.82) is 0 Å². The lowest BCUT2D eigenvalue weighted by molar-refractivity contribution is -0.143. The Bertz CT molecular complexity index is 506. The molecular formula is C17H27NO2. The Hall–Kier alpha value is -1.35. The number of nitrogens with two attached hydrogens (primary N) is 1. The molecule has 3 nitrogen and oxygen atoms in total. The Morgan fingerprint density at radius 3 is 2.35 bits per heavy atom. The lowest BCUT2D eigenvalue weighted by Crippen LogP contribution is -2.46. The first-order valence-electron chi connectivity index (χ1n) is 7.16. The normalized spacial score (nSPS) is 17.4. The molecule has 0 heterocycles. The topological polar surface area (TPSA) is 63.3 Å². The Kier molecular flexibility index (Phi) is 4.98. The zero-order chi connectivity index (χ0) is 15.7. The van der Waals surface area contributed by atoms with Crippen LogP contribution in [-0.4, -0.2) is 16.6 Å². The molecule has 3 atom stereocenters. The maximum absolute atomic E-state index is 11.2. The van der Waals surface area contributed by atoms with Gasteiger partial charge in [-0.3, -0.25) is 4.79 Å². The van der Waals surface area contributed by atoms with Crippen molar-refractivity contribution in [3.63, 3.8) is 0 Å². The van der Waals surface area contributed by atoms with Gasteiger partial charge in [-0.25, -0.2) is 0 Å². The highest BCUT2D eigenvalue weighted by Crippen LogP contribution is 2.33. The Morgan fingerprint density at radius 1 is 1.30 bits per heavy atom. The summed E-state index contributed by atoms with van der Waals surface area (Å²) in [7, 11) is 0. The minimum atomic E-state index is -1.17. The summed E-state index contributed by atoms with van der Waals surface area (Å²) in [5.41, 5.74) is 9.84. The van der Waals surface area contributed by atoms with Gasteiger partial charge in [0, 0.05) is 0 Å². The highest BCUT2D eigenvalue weighted by molar-refractivity contribution is 5.77. The monoisotopic (exact) mass is 277 g/mol. The van der Waals surface area contributed by atoms with Gasteiger partial charge in [-0.1, -0.05) is 31.5 Å². The van der Waals surface area contributed by atoms with Gasteiger partial charge in [0.25, 0.3) is 0 Å². The van der Waals surface area contributed by atoms with Crippen molar-refractivity contribution in [1.82, 2.24) is 0 Å². The number of hydrogen-bond acceptors (Lipinski definition) is 2. The summed E-state index contributed by atoms with van der Waals surface area (Å²) in [6.45, 7) is 12.2. The summed E-state index contributed by atoms with van der Waals surface area (Å²) in [5.74, 6) is -0.439. The van der Waals surface area contributed by atoms with Crippen LogP contribution in [0.3, 0.4) is 0 Å². The molecular weight excluding hydrogens is 250 g/mol. The number of aliphatic carboxylic acids is 1. The summed E-state index contributed by atoms with van der Waals surface area (Å²) in [6.07, 6.45) is 0.468. The van der Waals surface area contributed by atoms with Gasteiger partial charge in [-0.15, -0.1) is 0 Å². The second-order valence-electron chi connectivity index (χ2n) is 6.49. The molecule has 0 bridgehead atoms. The van der Waals surface area contributed by atoms with Gasteiger partial charge in [-0.2, -0.15) is 0 Å². The number of carbonyl (C=O) groups is 1. The third-order valence-corrected chi connectivity index (χ3v) is 4.43. The number of carboxylic acid groups (broad SMARTS) is 1. The number of benzene rings is 1. The molecule has 0 spiro atoms. The van der Waals surface area contributed by atoms with Crippen LogP contribution in [0.15, 0.2) is 12.1 Å². The highest BCUT2D eigenvalue weighted by Gasteiger charge is 2.32. The summed E-state index contributed by atoms with van der Waals surface area (Å²) in [6, 6.07) is 4.39. The number of rotatable bonds is 5. The van der Waals surface area contributed by atoms with E-state index in [1.165, 1.54) is 22.3 Å². The largest absolute Gasteiger partial charge is 0.480 e. The van der Waals surface area contributed by atoms with Crippen molar-refractivity contribution in [2.75, 3.05) is 0 Å². The predicted octanol–water partition coefficient (Wildman–Crippen LogP) is 3.54. The average molecular weight is 277 g/mol. The first-order chi connectivity index (χ1) is 9.06. The van der Waals surface area contributed by atoms with E-state index in [4.69, 9.17) is 10.8 Å². The zero-order valence-electron chi connectivity index (χ0n) is 13.4. The SMILES string of the molecule is Cc1cc(C)c(C)c(C(C)C(C)CC(C)(N)C(=O)O)c1. The summed E-state index contributed by atoms with van der Waals surface area (Å²) in [4.78, 5) is 11.2. The Labute approximate surface area is 122 Å². The third-order valence-electron chi connectivity index (χ3n) is 4.43. The van der Waals surface area contributed by atoms with E-state index >= 15 is 0 Å². The second-order valence-corrected chi connectivity index (χ2v) is 6.49. The van der Waals surface area contributed by atoms with Crippen LogP contribution in [0.2, 0.25) is 0 Å². The van der Waals surface area contributed by atoms with Gasteiger partial charge in [-0.05, 0) is 62.6 Å². The molecule has 0 radical (unpaired) electrons. The van der Waals surface area contributed by atoms with Crippen molar-refractivity contribution in [2.24, 2.45) is 11.7 Å². The van der Waals surface area contributed by atoms with E-state index in [0.717, 1.165) is 0 Å². The van der Waals surface area contributed by atoms with Crippen LogP contribution in [-0.2, 0) is 4.79 Å². The first kappa shape index (κ1) is 16.7. The van der Waals surface area contributed by atoms with Gasteiger partial charge in [0.15, 0.2) is 0 Å². The Morgan fingerprint density at radius 2 is 1.85 bits per heavy atom. The molecule has 0 aliphatic heterocycles. The van der Waals surface area contributed by atoms with Crippen LogP contribution in [0.4, 0.5) is 0 Å². The van der Waals surface area contributed by atoms with Crippen molar-refractivity contribution in [3.05, 3.63) is 34.4 Å². The molecule has 1 aromatic rings. The molecule has 1 rings (SSSR count). The Balaban J connectivity index is 3.01. The van der Waals surface area contributed by atoms with Crippen LogP contribution in [0, 0.1) is 26.7 Å². The molecule has 0 aromatic heterocycles. The van der Waals surface area contributed by atoms with Crippen LogP contribution < -0.4 is 5.73 Å². The van der Waals surface area contributed by atoms with Crippen molar-refractivity contribution in [2.45, 2.75) is 59.4 Å². The molecule has 0 saturated carbocycles. The summed E-state index contributed by atoms with van der Waals surface area (Å²) in [5, 5.41) is 9.16. The standard InChI is InChI=1S/C17H27NO2/c1-10-7-11(2)13(4)15(8-10)14(5)12(3)9-17(6,18)16(19)20/h7-8,12,14H,9,18H2,1-6H3,(H,19,20). The van der Waals surface area contributed by atoms with Gasteiger partial charge < -0.3 is 10.8 Å². The highest BCUT2D eigenvalue weighted by atomic mass is 16.4. The summed E-state index contributed by atoms with van der Waals surface area (Å²) >= 11 is 0. The minimum Gasteiger partial charge on any atom is -0.480 e. The van der Waals surface area contributed by atoms with E-state index in [1.54, 1.807) is 6.92 Å². The molecule has 3 heteroatoms. The summed E-state index contributed by atoms with van der Waals surface area (Å²) < 4.78 is 0. The number of carboxylic acids is 1. The smallest absolute Gasteiger partial charge is 0.323 e. The second kappa shape index (κ2) is 5.96. The molecule has 3 N–H and O–H groups in total. The molecule has 1 aromatic carbocycles. The van der Waals surface area contributed by atoms with Gasteiger partial charge in [0.05, 0.1) is 0 Å². The minimum absolute atomic E-state index is 0.209. The van der Waals surface area contributed by atoms with E-state index in [0.29, 0.717) is 6.42 Å². The van der Waals surface area contributed by atoms with E-state index in [2.05, 4.69) is 46.8 Å². The van der Waals surface area contributed by atoms with Gasteiger partial charge in [0.1, 0.15) is 5.54 Å². The molecule has 20 heavy (non-hydrogen) atoms. The first-order valence-corrected chi connectivity index (χ1v) is 7.16. The van der Waals surface area contributed by atoms with Crippen LogP contribution in [0.5, 0.6) is 0 Å². The maximum atomic E-state index is 11.2. The number of hydrogen-bond donors (Lipinski definition) is 2. The molecule has 0 aliphatic carbocycles. The molecule has 3 unspecified atom stereocenters. The molecule has 0 saturated heterocycles. The van der Waals surface area contributed by atoms with Crippen molar-refractivity contribution >= 4 is 5.97 Å². The quantitative estimate of drug-likeness (QED) is 0.865. The number of aryl methyl sites for hydroxylation is 2. The molecule has 0 fully saturated rings. The van der Waals surface area contributed by atoms with Crippen LogP contribution in [0.25, 0.3) is 0 Å². The van der Waals surface area contributed by atoms with Crippen LogP contribution in [0.1, 0.15) is 55.4 Å². The van der Waals surface area contributed by atoms with Crippen molar-refractivity contribution in [3.8, 4) is 0 Å². The van der Waals surface area contributed by atoms with Gasteiger partial charge >= 0.3 is 5.97 Å². The fourth-order valence-corrected chi connectivity index (χ4v) is 2.79. The predicted molar refractivity (Wildman–Crippen MR) is 83.1 cm³/mol. The van der Waals surface area contributed by atoms with E-state index in [9.17, 15) is 4.79 Å². The fourth-order valence-electron chi connectivity index (χ4n) is 2.79.